The molecule has 6 unspecified atom stereocenters. The molecular formula is C25H42O2S. The second-order valence-corrected chi connectivity index (χ2v) is 9.19. The van der Waals surface area contributed by atoms with Crippen molar-refractivity contribution in [3.8, 4) is 11.2 Å². The first-order chi connectivity index (χ1) is 12.9. The Morgan fingerprint density at radius 3 is 2.32 bits per heavy atom. The summed E-state index contributed by atoms with van der Waals surface area (Å²) in [6.07, 6.45) is 10.7. The Morgan fingerprint density at radius 2 is 1.71 bits per heavy atom. The van der Waals surface area contributed by atoms with Crippen LogP contribution >= 0.6 is 12.6 Å². The van der Waals surface area contributed by atoms with Gasteiger partial charge >= 0.3 is 0 Å². The first-order valence-electron chi connectivity index (χ1n) is 10.8. The number of carbonyl (C=O) groups is 1. The van der Waals surface area contributed by atoms with E-state index >= 15 is 0 Å². The van der Waals surface area contributed by atoms with E-state index in [1.165, 1.54) is 31.3 Å². The maximum absolute atomic E-state index is 11.8. The molecule has 0 aromatic heterocycles. The van der Waals surface area contributed by atoms with Crippen molar-refractivity contribution in [2.75, 3.05) is 0 Å². The van der Waals surface area contributed by atoms with Crippen LogP contribution in [0.1, 0.15) is 93.4 Å². The van der Waals surface area contributed by atoms with E-state index in [0.717, 1.165) is 37.5 Å². The lowest BCUT2D eigenvalue weighted by Gasteiger charge is -2.57. The van der Waals surface area contributed by atoms with Gasteiger partial charge in [-0.15, -0.1) is 0 Å². The summed E-state index contributed by atoms with van der Waals surface area (Å²) < 4.78 is 0. The molecule has 0 aromatic carbocycles. The number of aliphatic hydroxyl groups excluding tert-OH is 1. The summed E-state index contributed by atoms with van der Waals surface area (Å²) in [6, 6.07) is 0. The topological polar surface area (TPSA) is 37.3 Å². The van der Waals surface area contributed by atoms with Gasteiger partial charge in [-0.2, -0.15) is 0 Å². The van der Waals surface area contributed by atoms with Crippen LogP contribution in [0.25, 0.3) is 0 Å². The van der Waals surface area contributed by atoms with Crippen LogP contribution in [0.3, 0.4) is 0 Å². The molecule has 3 saturated carbocycles. The van der Waals surface area contributed by atoms with Crippen LogP contribution in [0.4, 0.5) is 0 Å². The van der Waals surface area contributed by atoms with Gasteiger partial charge in [-0.25, -0.2) is 0 Å². The van der Waals surface area contributed by atoms with Crippen LogP contribution in [-0.2, 0) is 4.79 Å². The fourth-order valence-electron chi connectivity index (χ4n) is 6.53. The first kappa shape index (κ1) is 25.3. The maximum atomic E-state index is 11.8. The van der Waals surface area contributed by atoms with Gasteiger partial charge in [0.05, 0.1) is 6.10 Å². The monoisotopic (exact) mass is 406 g/mol. The molecule has 0 radical (unpaired) electrons. The molecule has 3 fully saturated rings. The van der Waals surface area contributed by atoms with Gasteiger partial charge in [0.15, 0.2) is 5.78 Å². The molecule has 2 nitrogen and oxygen atoms in total. The number of aliphatic hydroxyl groups is 1. The van der Waals surface area contributed by atoms with Crippen molar-refractivity contribution < 1.29 is 9.90 Å². The molecule has 3 heteroatoms. The summed E-state index contributed by atoms with van der Waals surface area (Å²) in [5.74, 6) is 5.12. The second-order valence-electron chi connectivity index (χ2n) is 8.97. The minimum atomic E-state index is -0.0823. The van der Waals surface area contributed by atoms with Crippen LogP contribution in [-0.4, -0.2) is 17.0 Å². The number of rotatable bonds is 0. The third-order valence-corrected chi connectivity index (χ3v) is 8.25. The van der Waals surface area contributed by atoms with Gasteiger partial charge in [0.1, 0.15) is 0 Å². The Bertz CT molecular complexity index is 622. The molecule has 4 aliphatic carbocycles. The van der Waals surface area contributed by atoms with E-state index in [2.05, 4.69) is 37.6 Å². The summed E-state index contributed by atoms with van der Waals surface area (Å²) in [5.41, 5.74) is 1.89. The fraction of sp³-hybridized carbons (Fsp3) is 0.800. The number of thiol groups is 1. The summed E-state index contributed by atoms with van der Waals surface area (Å²) in [7, 11) is 0. The van der Waals surface area contributed by atoms with Crippen LogP contribution in [0.5, 0.6) is 0 Å². The maximum Gasteiger partial charge on any atom is 0.155 e. The highest BCUT2D eigenvalue weighted by molar-refractivity contribution is 7.85. The van der Waals surface area contributed by atoms with Crippen LogP contribution < -0.4 is 0 Å². The average Bonchev–Trinajstić information content (AvgIpc) is 2.99. The van der Waals surface area contributed by atoms with Gasteiger partial charge in [-0.1, -0.05) is 59.2 Å². The molecule has 0 spiro atoms. The molecule has 0 saturated heterocycles. The Balaban J connectivity index is 0.000000503. The van der Waals surface area contributed by atoms with Gasteiger partial charge in [0.2, 0.25) is 0 Å². The lowest BCUT2D eigenvalue weighted by atomic mass is 9.47. The number of ketones is 1. The van der Waals surface area contributed by atoms with E-state index in [1.807, 2.05) is 19.9 Å². The lowest BCUT2D eigenvalue weighted by molar-refractivity contribution is -0.118. The number of carbonyl (C=O) groups excluding carboxylic acids is 1. The highest BCUT2D eigenvalue weighted by Crippen LogP contribution is 2.65. The predicted octanol–water partition coefficient (Wildman–Crippen LogP) is 6.44. The van der Waals surface area contributed by atoms with Gasteiger partial charge in [0, 0.05) is 6.42 Å². The van der Waals surface area contributed by atoms with Gasteiger partial charge < -0.3 is 5.11 Å². The largest absolute Gasteiger partial charge is 0.393 e. The van der Waals surface area contributed by atoms with Crippen molar-refractivity contribution in [2.24, 2.45) is 28.6 Å². The van der Waals surface area contributed by atoms with E-state index in [4.69, 9.17) is 0 Å². The zero-order chi connectivity index (χ0) is 20.2. The highest BCUT2D eigenvalue weighted by atomic mass is 32.1. The smallest absolute Gasteiger partial charge is 0.155 e. The standard InChI is InChI=1S/C19H28O2.C3H4S.C2H6.CH4/c1-18-9-7-13(20)11-12(18)3-4-14-15-5-6-17(21)19(15,2)10-8-16(14)18;1-2-3-4;1-2;/h11,14-17,21H,3-10H2,1-2H3;4H,1H3;1-2H3;1H4. The Labute approximate surface area is 179 Å². The predicted molar refractivity (Wildman–Crippen MR) is 123 cm³/mol. The van der Waals surface area contributed by atoms with E-state index in [0.29, 0.717) is 11.7 Å². The van der Waals surface area contributed by atoms with E-state index in [9.17, 15) is 9.90 Å². The molecule has 0 heterocycles. The number of hydrogen-bond donors (Lipinski definition) is 2. The lowest BCUT2D eigenvalue weighted by Crippen LogP contribution is -2.51. The molecule has 1 N–H and O–H groups in total. The summed E-state index contributed by atoms with van der Waals surface area (Å²) in [4.78, 5) is 11.8. The first-order valence-corrected chi connectivity index (χ1v) is 11.3. The fourth-order valence-corrected chi connectivity index (χ4v) is 6.53. The zero-order valence-electron chi connectivity index (χ0n) is 17.8. The van der Waals surface area contributed by atoms with Crippen molar-refractivity contribution in [1.82, 2.24) is 0 Å². The molecule has 0 amide bonds. The summed E-state index contributed by atoms with van der Waals surface area (Å²) >= 11 is 3.56. The Kier molecular flexibility index (Phi) is 9.36. The number of fused-ring (bicyclic) bond motifs is 5. The van der Waals surface area contributed by atoms with Crippen molar-refractivity contribution in [3.05, 3.63) is 11.6 Å². The Morgan fingerprint density at radius 1 is 1.07 bits per heavy atom. The molecule has 160 valence electrons. The van der Waals surface area contributed by atoms with Crippen LogP contribution in [0, 0.1) is 39.8 Å². The van der Waals surface area contributed by atoms with Crippen molar-refractivity contribution >= 4 is 18.4 Å². The molecule has 0 aromatic rings. The SMILES string of the molecule is C.CC.CC#CS.CC12CCC(=O)C=C1CCC1C2CCC2(C)C(O)CCC12. The molecule has 4 aliphatic rings. The highest BCUT2D eigenvalue weighted by Gasteiger charge is 2.58. The average molecular weight is 407 g/mol. The zero-order valence-corrected chi connectivity index (χ0v) is 18.7. The van der Waals surface area contributed by atoms with Crippen LogP contribution in [0.2, 0.25) is 0 Å². The van der Waals surface area contributed by atoms with Crippen molar-refractivity contribution in [2.45, 2.75) is 99.5 Å². The molecular weight excluding hydrogens is 364 g/mol. The quantitative estimate of drug-likeness (QED) is 0.359. The third-order valence-electron chi connectivity index (χ3n) is 8.02. The van der Waals surface area contributed by atoms with Gasteiger partial charge in [-0.05, 0) is 91.8 Å². The van der Waals surface area contributed by atoms with E-state index < -0.39 is 0 Å². The summed E-state index contributed by atoms with van der Waals surface area (Å²) in [6.45, 7) is 10.5. The molecule has 0 aliphatic heterocycles. The van der Waals surface area contributed by atoms with Gasteiger partial charge in [0.25, 0.3) is 0 Å². The number of allylic oxidation sites excluding steroid dienone is 1. The summed E-state index contributed by atoms with van der Waals surface area (Å²) in [5, 5.41) is 12.8. The molecule has 0 bridgehead atoms. The van der Waals surface area contributed by atoms with Crippen molar-refractivity contribution in [1.29, 1.82) is 0 Å². The minimum absolute atomic E-state index is 0. The number of hydrogen-bond acceptors (Lipinski definition) is 3. The molecule has 6 atom stereocenters. The molecule has 4 rings (SSSR count). The molecule has 28 heavy (non-hydrogen) atoms. The Hall–Kier alpha value is -0.720. The second kappa shape index (κ2) is 10.4. The van der Waals surface area contributed by atoms with Crippen LogP contribution in [0.15, 0.2) is 11.6 Å². The van der Waals surface area contributed by atoms with E-state index in [-0.39, 0.29) is 24.4 Å². The van der Waals surface area contributed by atoms with E-state index in [1.54, 1.807) is 6.92 Å². The normalized spacial score (nSPS) is 40.2. The minimum Gasteiger partial charge on any atom is -0.393 e. The third kappa shape index (κ3) is 4.39. The van der Waals surface area contributed by atoms with Crippen molar-refractivity contribution in [3.63, 3.8) is 0 Å². The van der Waals surface area contributed by atoms with Gasteiger partial charge in [-0.3, -0.25) is 4.79 Å².